The Bertz CT molecular complexity index is 1130. The summed E-state index contributed by atoms with van der Waals surface area (Å²) in [6, 6.07) is 20.7. The zero-order valence-electron chi connectivity index (χ0n) is 16.2. The number of thioether (sulfide) groups is 1. The van der Waals surface area contributed by atoms with Crippen LogP contribution in [0.4, 0.5) is 5.69 Å². The van der Waals surface area contributed by atoms with Crippen LogP contribution < -0.4 is 10.1 Å². The van der Waals surface area contributed by atoms with E-state index in [1.165, 1.54) is 11.8 Å². The molecule has 2 aromatic heterocycles. The molecule has 4 aromatic rings. The molecule has 150 valence electrons. The number of pyridine rings is 1. The maximum absolute atomic E-state index is 12.4. The summed E-state index contributed by atoms with van der Waals surface area (Å²) < 4.78 is 7.44. The lowest BCUT2D eigenvalue weighted by Gasteiger charge is -2.13. The fourth-order valence-corrected chi connectivity index (χ4v) is 3.68. The molecule has 1 amide bonds. The molecule has 0 spiro atoms. The van der Waals surface area contributed by atoms with Crippen LogP contribution >= 0.6 is 11.8 Å². The first-order valence-corrected chi connectivity index (χ1v) is 10.2. The highest BCUT2D eigenvalue weighted by Gasteiger charge is 2.19. The summed E-state index contributed by atoms with van der Waals surface area (Å²) in [6.45, 7) is 0. The summed E-state index contributed by atoms with van der Waals surface area (Å²) in [5, 5.41) is 12.2. The Labute approximate surface area is 178 Å². The molecular formula is C22H19N5O2S. The van der Waals surface area contributed by atoms with Crippen molar-refractivity contribution in [1.29, 1.82) is 0 Å². The van der Waals surface area contributed by atoms with Gasteiger partial charge in [-0.05, 0) is 36.4 Å². The molecule has 0 aliphatic heterocycles. The van der Waals surface area contributed by atoms with Crippen LogP contribution in [0.1, 0.15) is 0 Å². The summed E-state index contributed by atoms with van der Waals surface area (Å²) >= 11 is 1.31. The van der Waals surface area contributed by atoms with Crippen LogP contribution in [0.2, 0.25) is 0 Å². The van der Waals surface area contributed by atoms with Crippen LogP contribution in [-0.4, -0.2) is 38.5 Å². The summed E-state index contributed by atoms with van der Waals surface area (Å²) in [4.78, 5) is 16.5. The van der Waals surface area contributed by atoms with Gasteiger partial charge in [-0.15, -0.1) is 10.2 Å². The minimum atomic E-state index is -0.119. The second-order valence-corrected chi connectivity index (χ2v) is 7.19. The van der Waals surface area contributed by atoms with E-state index in [0.717, 1.165) is 16.9 Å². The number of para-hydroxylation sites is 3. The van der Waals surface area contributed by atoms with Crippen molar-refractivity contribution in [3.8, 4) is 22.8 Å². The lowest BCUT2D eigenvalue weighted by Crippen LogP contribution is -2.14. The van der Waals surface area contributed by atoms with Gasteiger partial charge in [-0.3, -0.25) is 14.3 Å². The van der Waals surface area contributed by atoms with Crippen LogP contribution in [0, 0.1) is 0 Å². The first-order valence-electron chi connectivity index (χ1n) is 9.23. The van der Waals surface area contributed by atoms with Crippen molar-refractivity contribution in [3.05, 3.63) is 79.1 Å². The maximum Gasteiger partial charge on any atom is 0.234 e. The Kier molecular flexibility index (Phi) is 6.05. The van der Waals surface area contributed by atoms with Gasteiger partial charge in [-0.25, -0.2) is 0 Å². The van der Waals surface area contributed by atoms with Crippen molar-refractivity contribution in [2.24, 2.45) is 0 Å². The van der Waals surface area contributed by atoms with Crippen molar-refractivity contribution in [1.82, 2.24) is 19.7 Å². The molecule has 8 heteroatoms. The SMILES string of the molecule is COc1ccccc1-n1c(SCC(=O)Nc2ccccc2)nnc1-c1ccncc1. The monoisotopic (exact) mass is 417 g/mol. The topological polar surface area (TPSA) is 81.9 Å². The molecule has 1 N–H and O–H groups in total. The van der Waals surface area contributed by atoms with Gasteiger partial charge in [0.1, 0.15) is 5.75 Å². The smallest absolute Gasteiger partial charge is 0.234 e. The number of amides is 1. The first kappa shape index (κ1) is 19.7. The van der Waals surface area contributed by atoms with Gasteiger partial charge >= 0.3 is 0 Å². The van der Waals surface area contributed by atoms with Crippen molar-refractivity contribution >= 4 is 23.4 Å². The van der Waals surface area contributed by atoms with E-state index in [0.29, 0.717) is 16.7 Å². The van der Waals surface area contributed by atoms with E-state index in [1.54, 1.807) is 19.5 Å². The second kappa shape index (κ2) is 9.23. The molecule has 7 nitrogen and oxygen atoms in total. The number of aromatic nitrogens is 4. The Hall–Kier alpha value is -3.65. The molecule has 30 heavy (non-hydrogen) atoms. The molecule has 0 atom stereocenters. The number of ether oxygens (including phenoxy) is 1. The van der Waals surface area contributed by atoms with Crippen LogP contribution in [-0.2, 0) is 4.79 Å². The Morgan fingerprint density at radius 1 is 1.00 bits per heavy atom. The van der Waals surface area contributed by atoms with Crippen LogP contribution in [0.3, 0.4) is 0 Å². The zero-order valence-corrected chi connectivity index (χ0v) is 17.0. The highest BCUT2D eigenvalue weighted by molar-refractivity contribution is 7.99. The van der Waals surface area contributed by atoms with Crippen molar-refractivity contribution < 1.29 is 9.53 Å². The minimum absolute atomic E-state index is 0.119. The van der Waals surface area contributed by atoms with E-state index in [9.17, 15) is 4.79 Å². The number of anilines is 1. The van der Waals surface area contributed by atoms with Crippen molar-refractivity contribution in [3.63, 3.8) is 0 Å². The van der Waals surface area contributed by atoms with Crippen LogP contribution in [0.25, 0.3) is 17.1 Å². The highest BCUT2D eigenvalue weighted by atomic mass is 32.2. The third-order valence-corrected chi connectivity index (χ3v) is 5.22. The lowest BCUT2D eigenvalue weighted by molar-refractivity contribution is -0.113. The van der Waals surface area contributed by atoms with E-state index < -0.39 is 0 Å². The predicted molar refractivity (Wildman–Crippen MR) is 117 cm³/mol. The average molecular weight is 417 g/mol. The minimum Gasteiger partial charge on any atom is -0.495 e. The number of hydrogen-bond acceptors (Lipinski definition) is 6. The number of nitrogens with zero attached hydrogens (tertiary/aromatic N) is 4. The first-order chi connectivity index (χ1) is 14.8. The third kappa shape index (κ3) is 4.33. The standard InChI is InChI=1S/C22H19N5O2S/c1-29-19-10-6-5-9-18(19)27-21(16-11-13-23-14-12-16)25-26-22(27)30-15-20(28)24-17-7-3-2-4-8-17/h2-14H,15H2,1H3,(H,24,28). The van der Waals surface area contributed by atoms with E-state index in [1.807, 2.05) is 71.3 Å². The summed E-state index contributed by atoms with van der Waals surface area (Å²) in [5.41, 5.74) is 2.42. The quantitative estimate of drug-likeness (QED) is 0.457. The summed E-state index contributed by atoms with van der Waals surface area (Å²) in [5.74, 6) is 1.40. The van der Waals surface area contributed by atoms with Crippen molar-refractivity contribution in [2.75, 3.05) is 18.2 Å². The zero-order chi connectivity index (χ0) is 20.8. The largest absolute Gasteiger partial charge is 0.495 e. The predicted octanol–water partition coefficient (Wildman–Crippen LogP) is 4.07. The summed E-state index contributed by atoms with van der Waals surface area (Å²) in [6.07, 6.45) is 3.41. The van der Waals surface area contributed by atoms with Crippen LogP contribution in [0.15, 0.2) is 84.3 Å². The maximum atomic E-state index is 12.4. The normalized spacial score (nSPS) is 10.6. The van der Waals surface area contributed by atoms with E-state index in [-0.39, 0.29) is 11.7 Å². The highest BCUT2D eigenvalue weighted by Crippen LogP contribution is 2.32. The number of rotatable bonds is 7. The fraction of sp³-hybridized carbons (Fsp3) is 0.0909. The molecule has 0 saturated heterocycles. The van der Waals surface area contributed by atoms with Gasteiger partial charge in [0.15, 0.2) is 11.0 Å². The molecule has 2 aromatic carbocycles. The number of hydrogen-bond donors (Lipinski definition) is 1. The molecule has 0 saturated carbocycles. The van der Waals surface area contributed by atoms with Crippen LogP contribution in [0.5, 0.6) is 5.75 Å². The lowest BCUT2D eigenvalue weighted by atomic mass is 10.2. The Balaban J connectivity index is 1.65. The number of methoxy groups -OCH3 is 1. The van der Waals surface area contributed by atoms with E-state index >= 15 is 0 Å². The molecule has 0 fully saturated rings. The Morgan fingerprint density at radius 3 is 2.50 bits per heavy atom. The second-order valence-electron chi connectivity index (χ2n) is 6.25. The number of carbonyl (C=O) groups is 1. The molecule has 2 heterocycles. The van der Waals surface area contributed by atoms with Gasteiger partial charge in [0, 0.05) is 23.6 Å². The van der Waals surface area contributed by atoms with Gasteiger partial charge in [-0.1, -0.05) is 42.1 Å². The van der Waals surface area contributed by atoms with E-state index in [4.69, 9.17) is 4.74 Å². The van der Waals surface area contributed by atoms with Gasteiger partial charge in [0.25, 0.3) is 0 Å². The van der Waals surface area contributed by atoms with E-state index in [2.05, 4.69) is 20.5 Å². The van der Waals surface area contributed by atoms with Crippen molar-refractivity contribution in [2.45, 2.75) is 5.16 Å². The molecule has 0 radical (unpaired) electrons. The molecule has 0 unspecified atom stereocenters. The average Bonchev–Trinajstić information content (AvgIpc) is 3.22. The number of nitrogens with one attached hydrogen (secondary N) is 1. The third-order valence-electron chi connectivity index (χ3n) is 4.29. The van der Waals surface area contributed by atoms with Gasteiger partial charge in [0.05, 0.1) is 18.6 Å². The molecule has 0 aliphatic carbocycles. The summed E-state index contributed by atoms with van der Waals surface area (Å²) in [7, 11) is 1.62. The number of carbonyl (C=O) groups excluding carboxylic acids is 1. The molecular weight excluding hydrogens is 398 g/mol. The van der Waals surface area contributed by atoms with Gasteiger partial charge in [0.2, 0.25) is 5.91 Å². The molecule has 4 rings (SSSR count). The van der Waals surface area contributed by atoms with Gasteiger partial charge in [-0.2, -0.15) is 0 Å². The molecule has 0 bridgehead atoms. The fourth-order valence-electron chi connectivity index (χ4n) is 2.93. The Morgan fingerprint density at radius 2 is 1.73 bits per heavy atom. The molecule has 0 aliphatic rings. The van der Waals surface area contributed by atoms with Gasteiger partial charge < -0.3 is 10.1 Å². The number of benzene rings is 2.